The molecular formula is C16H19ClN2O. The van der Waals surface area contributed by atoms with Crippen molar-refractivity contribution in [2.24, 2.45) is 0 Å². The quantitative estimate of drug-likeness (QED) is 0.905. The lowest BCUT2D eigenvalue weighted by molar-refractivity contribution is 0.415. The highest BCUT2D eigenvalue weighted by Crippen LogP contribution is 2.36. The Morgan fingerprint density at radius 1 is 1.15 bits per heavy atom. The van der Waals surface area contributed by atoms with Gasteiger partial charge in [-0.3, -0.25) is 0 Å². The van der Waals surface area contributed by atoms with Crippen molar-refractivity contribution >= 4 is 23.0 Å². The van der Waals surface area contributed by atoms with Crippen LogP contribution in [0.25, 0.3) is 0 Å². The first-order chi connectivity index (χ1) is 9.67. The first kappa shape index (κ1) is 14.7. The van der Waals surface area contributed by atoms with Crippen LogP contribution in [0.2, 0.25) is 5.02 Å². The summed E-state index contributed by atoms with van der Waals surface area (Å²) in [5, 5.41) is 3.85. The molecule has 0 saturated heterocycles. The summed E-state index contributed by atoms with van der Waals surface area (Å²) in [6.07, 6.45) is 0. The van der Waals surface area contributed by atoms with Gasteiger partial charge in [-0.15, -0.1) is 0 Å². The van der Waals surface area contributed by atoms with Crippen molar-refractivity contribution < 1.29 is 4.74 Å². The van der Waals surface area contributed by atoms with Crippen LogP contribution in [-0.2, 0) is 6.54 Å². The second-order valence-electron chi connectivity index (χ2n) is 4.55. The van der Waals surface area contributed by atoms with E-state index in [1.165, 1.54) is 0 Å². The number of rotatable bonds is 5. The summed E-state index contributed by atoms with van der Waals surface area (Å²) < 4.78 is 5.40. The second kappa shape index (κ2) is 6.64. The summed E-state index contributed by atoms with van der Waals surface area (Å²) in [5.74, 6) is 0.824. The molecule has 0 heterocycles. The van der Waals surface area contributed by atoms with Gasteiger partial charge in [0.25, 0.3) is 0 Å². The number of benzene rings is 2. The van der Waals surface area contributed by atoms with Crippen LogP contribution >= 0.6 is 11.6 Å². The first-order valence-corrected chi connectivity index (χ1v) is 6.85. The number of hydrogen-bond donors (Lipinski definition) is 1. The van der Waals surface area contributed by atoms with Crippen LogP contribution in [-0.4, -0.2) is 21.2 Å². The van der Waals surface area contributed by atoms with Crippen molar-refractivity contribution in [1.29, 1.82) is 0 Å². The normalized spacial score (nSPS) is 10.4. The molecule has 20 heavy (non-hydrogen) atoms. The molecule has 0 bridgehead atoms. The Bertz CT molecular complexity index is 586. The van der Waals surface area contributed by atoms with Crippen molar-refractivity contribution in [3.8, 4) is 5.75 Å². The molecule has 3 nitrogen and oxygen atoms in total. The number of nitrogens with zero attached hydrogens (tertiary/aromatic N) is 1. The number of nitrogens with one attached hydrogen (secondary N) is 1. The smallest absolute Gasteiger partial charge is 0.142 e. The summed E-state index contributed by atoms with van der Waals surface area (Å²) in [6, 6.07) is 14.0. The molecular weight excluding hydrogens is 272 g/mol. The van der Waals surface area contributed by atoms with E-state index in [1.54, 1.807) is 7.11 Å². The number of methoxy groups -OCH3 is 1. The van der Waals surface area contributed by atoms with Gasteiger partial charge in [0.15, 0.2) is 0 Å². The molecule has 0 aliphatic rings. The molecule has 0 saturated carbocycles. The minimum absolute atomic E-state index is 0.728. The predicted molar refractivity (Wildman–Crippen MR) is 85.3 cm³/mol. The summed E-state index contributed by atoms with van der Waals surface area (Å²) in [6.45, 7) is 0.804. The highest BCUT2D eigenvalue weighted by molar-refractivity contribution is 6.33. The van der Waals surface area contributed by atoms with Gasteiger partial charge in [-0.25, -0.2) is 0 Å². The zero-order valence-corrected chi connectivity index (χ0v) is 12.7. The van der Waals surface area contributed by atoms with Gasteiger partial charge >= 0.3 is 0 Å². The van der Waals surface area contributed by atoms with E-state index in [2.05, 4.69) is 11.4 Å². The Labute approximate surface area is 125 Å². The Morgan fingerprint density at radius 2 is 1.90 bits per heavy atom. The lowest BCUT2D eigenvalue weighted by atomic mass is 10.1. The monoisotopic (exact) mass is 290 g/mol. The molecule has 0 spiro atoms. The Kier molecular flexibility index (Phi) is 4.88. The average Bonchev–Trinajstić information content (AvgIpc) is 2.47. The average molecular weight is 291 g/mol. The molecule has 0 amide bonds. The Balaban J connectivity index is 2.35. The summed E-state index contributed by atoms with van der Waals surface area (Å²) >= 11 is 6.40. The minimum atomic E-state index is 0.728. The van der Waals surface area contributed by atoms with Crippen molar-refractivity contribution in [2.45, 2.75) is 6.54 Å². The third kappa shape index (κ3) is 3.06. The van der Waals surface area contributed by atoms with Gasteiger partial charge in [0.05, 0.1) is 23.5 Å². The third-order valence-corrected chi connectivity index (χ3v) is 3.50. The molecule has 0 radical (unpaired) electrons. The summed E-state index contributed by atoms with van der Waals surface area (Å²) in [4.78, 5) is 2.03. The largest absolute Gasteiger partial charge is 0.495 e. The van der Waals surface area contributed by atoms with Crippen LogP contribution in [0.1, 0.15) is 5.56 Å². The fourth-order valence-corrected chi connectivity index (χ4v) is 2.50. The van der Waals surface area contributed by atoms with Gasteiger partial charge in [-0.05, 0) is 36.9 Å². The lowest BCUT2D eigenvalue weighted by Crippen LogP contribution is -2.12. The van der Waals surface area contributed by atoms with Crippen LogP contribution < -0.4 is 15.0 Å². The molecule has 2 rings (SSSR count). The van der Waals surface area contributed by atoms with E-state index >= 15 is 0 Å². The van der Waals surface area contributed by atoms with E-state index in [4.69, 9.17) is 16.3 Å². The van der Waals surface area contributed by atoms with Crippen LogP contribution in [0.5, 0.6) is 5.75 Å². The van der Waals surface area contributed by atoms with E-state index in [0.29, 0.717) is 0 Å². The predicted octanol–water partition coefficient (Wildman–Crippen LogP) is 3.84. The first-order valence-electron chi connectivity index (χ1n) is 6.47. The zero-order chi connectivity index (χ0) is 14.5. The molecule has 4 heteroatoms. The van der Waals surface area contributed by atoms with Gasteiger partial charge in [0.2, 0.25) is 0 Å². The van der Waals surface area contributed by atoms with Crippen LogP contribution in [0.4, 0.5) is 11.4 Å². The highest BCUT2D eigenvalue weighted by Gasteiger charge is 2.12. The highest BCUT2D eigenvalue weighted by atomic mass is 35.5. The number of para-hydroxylation sites is 2. The van der Waals surface area contributed by atoms with Gasteiger partial charge in [0.1, 0.15) is 5.75 Å². The zero-order valence-electron chi connectivity index (χ0n) is 12.0. The van der Waals surface area contributed by atoms with Crippen LogP contribution in [0.15, 0.2) is 42.5 Å². The fourth-order valence-electron chi connectivity index (χ4n) is 2.17. The van der Waals surface area contributed by atoms with E-state index < -0.39 is 0 Å². The SMILES string of the molecule is CNCc1ccc(N(C)c2ccccc2OC)c(Cl)c1. The molecule has 0 fully saturated rings. The second-order valence-corrected chi connectivity index (χ2v) is 4.95. The van der Waals surface area contributed by atoms with Gasteiger partial charge in [-0.2, -0.15) is 0 Å². The fraction of sp³-hybridized carbons (Fsp3) is 0.250. The van der Waals surface area contributed by atoms with Crippen molar-refractivity contribution in [1.82, 2.24) is 5.32 Å². The van der Waals surface area contributed by atoms with Gasteiger partial charge < -0.3 is 15.0 Å². The molecule has 0 unspecified atom stereocenters. The number of hydrogen-bond acceptors (Lipinski definition) is 3. The van der Waals surface area contributed by atoms with E-state index in [-0.39, 0.29) is 0 Å². The molecule has 0 aromatic heterocycles. The lowest BCUT2D eigenvalue weighted by Gasteiger charge is -2.23. The van der Waals surface area contributed by atoms with Gasteiger partial charge in [-0.1, -0.05) is 29.8 Å². The van der Waals surface area contributed by atoms with Gasteiger partial charge in [0, 0.05) is 13.6 Å². The molecule has 0 aliphatic heterocycles. The van der Waals surface area contributed by atoms with E-state index in [0.717, 1.165) is 34.3 Å². The molecule has 1 N–H and O–H groups in total. The summed E-state index contributed by atoms with van der Waals surface area (Å²) in [5.41, 5.74) is 3.10. The third-order valence-electron chi connectivity index (χ3n) is 3.20. The number of halogens is 1. The molecule has 2 aromatic rings. The maximum Gasteiger partial charge on any atom is 0.142 e. The Hall–Kier alpha value is -1.71. The van der Waals surface area contributed by atoms with E-state index in [1.807, 2.05) is 55.4 Å². The van der Waals surface area contributed by atoms with E-state index in [9.17, 15) is 0 Å². The maximum atomic E-state index is 6.40. The van der Waals surface area contributed by atoms with Crippen LogP contribution in [0, 0.1) is 0 Å². The molecule has 0 aliphatic carbocycles. The topological polar surface area (TPSA) is 24.5 Å². The molecule has 2 aromatic carbocycles. The standard InChI is InChI=1S/C16H19ClN2O/c1-18-11-12-8-9-14(13(17)10-12)19(2)15-6-4-5-7-16(15)20-3/h4-10,18H,11H2,1-3H3. The summed E-state index contributed by atoms with van der Waals surface area (Å²) in [7, 11) is 5.57. The Morgan fingerprint density at radius 3 is 2.55 bits per heavy atom. The van der Waals surface area contributed by atoms with Crippen molar-refractivity contribution in [2.75, 3.05) is 26.1 Å². The van der Waals surface area contributed by atoms with Crippen molar-refractivity contribution in [3.63, 3.8) is 0 Å². The maximum absolute atomic E-state index is 6.40. The minimum Gasteiger partial charge on any atom is -0.495 e. The number of anilines is 2. The molecule has 106 valence electrons. The number of ether oxygens (including phenoxy) is 1. The molecule has 0 atom stereocenters. The van der Waals surface area contributed by atoms with Crippen molar-refractivity contribution in [3.05, 3.63) is 53.1 Å². The van der Waals surface area contributed by atoms with Crippen LogP contribution in [0.3, 0.4) is 0 Å².